The quantitative estimate of drug-likeness (QED) is 0.564. The van der Waals surface area contributed by atoms with Crippen LogP contribution >= 0.6 is 11.3 Å². The normalized spacial score (nSPS) is 10.9. The fraction of sp³-hybridized carbons (Fsp3) is 0.143. The van der Waals surface area contributed by atoms with Gasteiger partial charge in [0.25, 0.3) is 5.91 Å². The second-order valence-electron chi connectivity index (χ2n) is 6.31. The van der Waals surface area contributed by atoms with Crippen LogP contribution in [0, 0.1) is 6.92 Å². The molecule has 1 amide bonds. The second kappa shape index (κ2) is 7.25. The van der Waals surface area contributed by atoms with Gasteiger partial charge in [-0.2, -0.15) is 0 Å². The molecule has 0 aliphatic carbocycles. The average molecular weight is 377 g/mol. The van der Waals surface area contributed by atoms with Gasteiger partial charge in [0.1, 0.15) is 11.4 Å². The Bertz CT molecular complexity index is 1060. The Morgan fingerprint density at radius 1 is 1.19 bits per heavy atom. The van der Waals surface area contributed by atoms with Gasteiger partial charge in [0.2, 0.25) is 0 Å². The Morgan fingerprint density at radius 3 is 2.74 bits per heavy atom. The summed E-state index contributed by atoms with van der Waals surface area (Å²) >= 11 is 1.57. The van der Waals surface area contributed by atoms with E-state index in [4.69, 9.17) is 4.74 Å². The number of benzene rings is 2. The molecule has 0 spiro atoms. The summed E-state index contributed by atoms with van der Waals surface area (Å²) in [7, 11) is 1.63. The maximum Gasteiger partial charge on any atom is 0.271 e. The molecule has 5 nitrogen and oxygen atoms in total. The lowest BCUT2D eigenvalue weighted by atomic mass is 10.1. The number of carbonyl (C=O) groups is 1. The first-order valence-corrected chi connectivity index (χ1v) is 9.41. The molecule has 2 heterocycles. The van der Waals surface area contributed by atoms with Crippen molar-refractivity contribution in [3.63, 3.8) is 0 Å². The zero-order valence-electron chi connectivity index (χ0n) is 15.1. The molecule has 4 aromatic rings. The molecule has 4 rings (SSSR count). The highest BCUT2D eigenvalue weighted by Crippen LogP contribution is 2.28. The van der Waals surface area contributed by atoms with E-state index in [1.54, 1.807) is 24.6 Å². The molecule has 2 aromatic heterocycles. The Balaban J connectivity index is 1.47. The smallest absolute Gasteiger partial charge is 0.271 e. The molecule has 2 aromatic carbocycles. The summed E-state index contributed by atoms with van der Waals surface area (Å²) in [5, 5.41) is 2.90. The summed E-state index contributed by atoms with van der Waals surface area (Å²) in [6, 6.07) is 16.0. The second-order valence-corrected chi connectivity index (χ2v) is 7.32. The monoisotopic (exact) mass is 377 g/mol. The number of carbonyl (C=O) groups excluding carboxylic acids is 1. The minimum atomic E-state index is -0.189. The molecule has 0 aliphatic rings. The molecule has 6 heteroatoms. The number of nitrogens with one attached hydrogen (secondary N) is 1. The van der Waals surface area contributed by atoms with Gasteiger partial charge >= 0.3 is 0 Å². The van der Waals surface area contributed by atoms with Crippen molar-refractivity contribution in [1.29, 1.82) is 0 Å². The first-order chi connectivity index (χ1) is 13.1. The maximum absolute atomic E-state index is 12.4. The van der Waals surface area contributed by atoms with Crippen LogP contribution in [0.1, 0.15) is 21.6 Å². The Kier molecular flexibility index (Phi) is 4.64. The van der Waals surface area contributed by atoms with E-state index in [9.17, 15) is 4.79 Å². The molecule has 0 atom stereocenters. The van der Waals surface area contributed by atoms with Gasteiger partial charge in [-0.1, -0.05) is 53.3 Å². The van der Waals surface area contributed by atoms with Gasteiger partial charge in [0, 0.05) is 18.9 Å². The molecule has 1 N–H and O–H groups in total. The van der Waals surface area contributed by atoms with E-state index in [0.717, 1.165) is 26.7 Å². The van der Waals surface area contributed by atoms with E-state index < -0.39 is 0 Å². The van der Waals surface area contributed by atoms with Crippen molar-refractivity contribution < 1.29 is 9.53 Å². The zero-order chi connectivity index (χ0) is 18.8. The van der Waals surface area contributed by atoms with Crippen LogP contribution in [0.25, 0.3) is 15.4 Å². The maximum atomic E-state index is 12.4. The highest BCUT2D eigenvalue weighted by Gasteiger charge is 2.13. The molecular formula is C21H19N3O2S. The van der Waals surface area contributed by atoms with Crippen molar-refractivity contribution in [1.82, 2.24) is 14.7 Å². The van der Waals surface area contributed by atoms with E-state index in [1.165, 1.54) is 5.56 Å². The summed E-state index contributed by atoms with van der Waals surface area (Å²) in [6.45, 7) is 2.50. The van der Waals surface area contributed by atoms with Gasteiger partial charge in [-0.25, -0.2) is 4.98 Å². The predicted molar refractivity (Wildman–Crippen MR) is 107 cm³/mol. The van der Waals surface area contributed by atoms with Crippen LogP contribution in [-0.2, 0) is 6.54 Å². The minimum Gasteiger partial charge on any atom is -0.497 e. The van der Waals surface area contributed by atoms with Gasteiger partial charge in [0.15, 0.2) is 4.96 Å². The number of hydrogen-bond donors (Lipinski definition) is 1. The Hall–Kier alpha value is -3.12. The van der Waals surface area contributed by atoms with Crippen molar-refractivity contribution in [3.8, 4) is 16.2 Å². The van der Waals surface area contributed by atoms with Crippen LogP contribution in [0.3, 0.4) is 0 Å². The highest BCUT2D eigenvalue weighted by atomic mass is 32.1. The van der Waals surface area contributed by atoms with Crippen LogP contribution in [-0.4, -0.2) is 22.4 Å². The standard InChI is InChI=1S/C21H19N3O2S/c1-14-6-8-16(9-7-14)19-13-24-12-18(23-21(24)27-19)20(25)22-11-15-4-3-5-17(10-15)26-2/h3-10,12-13H,11H2,1-2H3,(H,22,25). The first kappa shape index (κ1) is 17.3. The van der Waals surface area contributed by atoms with Crippen molar-refractivity contribution in [3.05, 3.63) is 77.7 Å². The lowest BCUT2D eigenvalue weighted by Gasteiger charge is -2.05. The number of thiazole rings is 1. The number of aryl methyl sites for hydroxylation is 1. The molecular weight excluding hydrogens is 358 g/mol. The number of rotatable bonds is 5. The average Bonchev–Trinajstić information content (AvgIpc) is 3.26. The summed E-state index contributed by atoms with van der Waals surface area (Å²) < 4.78 is 7.11. The topological polar surface area (TPSA) is 55.6 Å². The van der Waals surface area contributed by atoms with Crippen LogP contribution in [0.5, 0.6) is 5.75 Å². The van der Waals surface area contributed by atoms with E-state index in [-0.39, 0.29) is 5.91 Å². The van der Waals surface area contributed by atoms with E-state index in [0.29, 0.717) is 12.2 Å². The zero-order valence-corrected chi connectivity index (χ0v) is 15.9. The number of aromatic nitrogens is 2. The van der Waals surface area contributed by atoms with E-state index >= 15 is 0 Å². The molecule has 0 saturated carbocycles. The number of fused-ring (bicyclic) bond motifs is 1. The molecule has 0 unspecified atom stereocenters. The summed E-state index contributed by atoms with van der Waals surface area (Å²) in [5.74, 6) is 0.582. The lowest BCUT2D eigenvalue weighted by Crippen LogP contribution is -2.23. The minimum absolute atomic E-state index is 0.189. The fourth-order valence-corrected chi connectivity index (χ4v) is 3.78. The van der Waals surface area contributed by atoms with E-state index in [2.05, 4.69) is 41.5 Å². The van der Waals surface area contributed by atoms with Crippen molar-refractivity contribution in [2.45, 2.75) is 13.5 Å². The molecule has 27 heavy (non-hydrogen) atoms. The molecule has 0 aliphatic heterocycles. The van der Waals surface area contributed by atoms with Crippen molar-refractivity contribution in [2.75, 3.05) is 7.11 Å². The number of methoxy groups -OCH3 is 1. The summed E-state index contributed by atoms with van der Waals surface area (Å²) in [6.07, 6.45) is 3.78. The summed E-state index contributed by atoms with van der Waals surface area (Å²) in [4.78, 5) is 18.8. The SMILES string of the molecule is COc1cccc(CNC(=O)c2cn3cc(-c4ccc(C)cc4)sc3n2)c1. The molecule has 0 bridgehead atoms. The third kappa shape index (κ3) is 3.71. The summed E-state index contributed by atoms with van der Waals surface area (Å²) in [5.41, 5.74) is 3.78. The molecule has 0 fully saturated rings. The van der Waals surface area contributed by atoms with Crippen molar-refractivity contribution in [2.24, 2.45) is 0 Å². The van der Waals surface area contributed by atoms with Crippen LogP contribution in [0.15, 0.2) is 60.9 Å². The van der Waals surface area contributed by atoms with Gasteiger partial charge in [-0.15, -0.1) is 0 Å². The van der Waals surface area contributed by atoms with Gasteiger partial charge in [-0.05, 0) is 30.2 Å². The fourth-order valence-electron chi connectivity index (χ4n) is 2.81. The third-order valence-corrected chi connectivity index (χ3v) is 5.36. The number of imidazole rings is 1. The number of nitrogens with zero attached hydrogens (tertiary/aromatic N) is 2. The molecule has 136 valence electrons. The first-order valence-electron chi connectivity index (χ1n) is 8.59. The van der Waals surface area contributed by atoms with Gasteiger partial charge < -0.3 is 10.1 Å². The van der Waals surface area contributed by atoms with Gasteiger partial charge in [0.05, 0.1) is 12.0 Å². The number of amides is 1. The third-order valence-electron chi connectivity index (χ3n) is 4.31. The van der Waals surface area contributed by atoms with Crippen LogP contribution < -0.4 is 10.1 Å². The Morgan fingerprint density at radius 2 is 2.00 bits per heavy atom. The van der Waals surface area contributed by atoms with Crippen molar-refractivity contribution >= 4 is 22.2 Å². The number of hydrogen-bond acceptors (Lipinski definition) is 4. The predicted octanol–water partition coefficient (Wildman–Crippen LogP) is 4.31. The van der Waals surface area contributed by atoms with Crippen LogP contribution in [0.4, 0.5) is 0 Å². The highest BCUT2D eigenvalue weighted by molar-refractivity contribution is 7.20. The van der Waals surface area contributed by atoms with E-state index in [1.807, 2.05) is 34.9 Å². The van der Waals surface area contributed by atoms with Crippen LogP contribution in [0.2, 0.25) is 0 Å². The van der Waals surface area contributed by atoms with Gasteiger partial charge in [-0.3, -0.25) is 9.20 Å². The largest absolute Gasteiger partial charge is 0.497 e. The Labute approximate surface area is 161 Å². The molecule has 0 saturated heterocycles. The number of ether oxygens (including phenoxy) is 1. The lowest BCUT2D eigenvalue weighted by molar-refractivity contribution is 0.0946. The molecule has 0 radical (unpaired) electrons.